The molecule has 0 aliphatic rings. The first-order valence-electron chi connectivity index (χ1n) is 6.89. The molecule has 116 valence electrons. The minimum atomic E-state index is -0.308. The van der Waals surface area contributed by atoms with Gasteiger partial charge >= 0.3 is 6.03 Å². The molecule has 1 heterocycles. The molecule has 22 heavy (non-hydrogen) atoms. The fourth-order valence-electron chi connectivity index (χ4n) is 1.73. The zero-order valence-electron chi connectivity index (χ0n) is 12.8. The van der Waals surface area contributed by atoms with Crippen molar-refractivity contribution in [3.8, 4) is 5.75 Å². The SMILES string of the molecule is COc1cccc(Nc2ccc(NC(=O)NC(C)C)nn2)c1. The van der Waals surface area contributed by atoms with Crippen molar-refractivity contribution >= 4 is 23.4 Å². The summed E-state index contributed by atoms with van der Waals surface area (Å²) in [6.45, 7) is 3.76. The van der Waals surface area contributed by atoms with Gasteiger partial charge in [-0.3, -0.25) is 5.32 Å². The van der Waals surface area contributed by atoms with E-state index in [1.54, 1.807) is 19.2 Å². The van der Waals surface area contributed by atoms with Gasteiger partial charge in [0.1, 0.15) is 5.75 Å². The van der Waals surface area contributed by atoms with Gasteiger partial charge < -0.3 is 15.4 Å². The number of nitrogens with one attached hydrogen (secondary N) is 3. The number of anilines is 3. The maximum Gasteiger partial charge on any atom is 0.320 e. The molecule has 3 N–H and O–H groups in total. The number of carbonyl (C=O) groups excluding carboxylic acids is 1. The average Bonchev–Trinajstić information content (AvgIpc) is 2.48. The highest BCUT2D eigenvalue weighted by molar-refractivity contribution is 5.88. The second kappa shape index (κ2) is 7.26. The number of hydrogen-bond acceptors (Lipinski definition) is 5. The molecule has 2 aromatic rings. The second-order valence-electron chi connectivity index (χ2n) is 4.91. The van der Waals surface area contributed by atoms with Crippen molar-refractivity contribution in [1.82, 2.24) is 15.5 Å². The minimum Gasteiger partial charge on any atom is -0.497 e. The van der Waals surface area contributed by atoms with Gasteiger partial charge in [-0.15, -0.1) is 10.2 Å². The number of hydrogen-bond donors (Lipinski definition) is 3. The number of ether oxygens (including phenoxy) is 1. The topological polar surface area (TPSA) is 88.2 Å². The Balaban J connectivity index is 1.98. The molecule has 0 saturated heterocycles. The third-order valence-electron chi connectivity index (χ3n) is 2.67. The minimum absolute atomic E-state index is 0.0574. The molecular formula is C15H19N5O2. The van der Waals surface area contributed by atoms with Gasteiger partial charge in [0.25, 0.3) is 0 Å². The molecule has 0 bridgehead atoms. The van der Waals surface area contributed by atoms with Gasteiger partial charge in [-0.1, -0.05) is 6.07 Å². The first-order chi connectivity index (χ1) is 10.6. The summed E-state index contributed by atoms with van der Waals surface area (Å²) in [5.41, 5.74) is 0.840. The van der Waals surface area contributed by atoms with Crippen molar-refractivity contribution in [3.63, 3.8) is 0 Å². The van der Waals surface area contributed by atoms with E-state index >= 15 is 0 Å². The molecule has 7 nitrogen and oxygen atoms in total. The van der Waals surface area contributed by atoms with Crippen molar-refractivity contribution in [3.05, 3.63) is 36.4 Å². The Kier molecular flexibility index (Phi) is 5.13. The van der Waals surface area contributed by atoms with Gasteiger partial charge in [0, 0.05) is 17.8 Å². The molecule has 7 heteroatoms. The fourth-order valence-corrected chi connectivity index (χ4v) is 1.73. The monoisotopic (exact) mass is 301 g/mol. The molecule has 0 aliphatic heterocycles. The molecule has 1 aromatic heterocycles. The van der Waals surface area contributed by atoms with E-state index in [2.05, 4.69) is 26.1 Å². The van der Waals surface area contributed by atoms with Crippen LogP contribution in [-0.2, 0) is 0 Å². The van der Waals surface area contributed by atoms with E-state index in [0.29, 0.717) is 11.6 Å². The molecule has 1 aromatic carbocycles. The smallest absolute Gasteiger partial charge is 0.320 e. The van der Waals surface area contributed by atoms with Gasteiger partial charge in [-0.2, -0.15) is 0 Å². The van der Waals surface area contributed by atoms with E-state index in [0.717, 1.165) is 11.4 Å². The fraction of sp³-hybridized carbons (Fsp3) is 0.267. The van der Waals surface area contributed by atoms with Crippen molar-refractivity contribution < 1.29 is 9.53 Å². The Morgan fingerprint density at radius 1 is 1.14 bits per heavy atom. The molecule has 0 radical (unpaired) electrons. The van der Waals surface area contributed by atoms with Gasteiger partial charge in [0.15, 0.2) is 11.6 Å². The largest absolute Gasteiger partial charge is 0.497 e. The van der Waals surface area contributed by atoms with Gasteiger partial charge in [-0.25, -0.2) is 4.79 Å². The summed E-state index contributed by atoms with van der Waals surface area (Å²) in [6.07, 6.45) is 0. The van der Waals surface area contributed by atoms with Crippen LogP contribution in [0.4, 0.5) is 22.1 Å². The zero-order valence-corrected chi connectivity index (χ0v) is 12.8. The Hall–Kier alpha value is -2.83. The first-order valence-corrected chi connectivity index (χ1v) is 6.89. The molecule has 2 amide bonds. The molecule has 0 atom stereocenters. The van der Waals surface area contributed by atoms with Crippen molar-refractivity contribution in [2.45, 2.75) is 19.9 Å². The van der Waals surface area contributed by atoms with Crippen LogP contribution in [0.25, 0.3) is 0 Å². The van der Waals surface area contributed by atoms with E-state index in [1.807, 2.05) is 38.1 Å². The summed E-state index contributed by atoms with van der Waals surface area (Å²) < 4.78 is 5.16. The van der Waals surface area contributed by atoms with Crippen LogP contribution in [0.1, 0.15) is 13.8 Å². The summed E-state index contributed by atoms with van der Waals surface area (Å²) in [6, 6.07) is 10.6. The van der Waals surface area contributed by atoms with Crippen LogP contribution in [0.5, 0.6) is 5.75 Å². The van der Waals surface area contributed by atoms with Gasteiger partial charge in [0.05, 0.1) is 7.11 Å². The van der Waals surface area contributed by atoms with Crippen molar-refractivity contribution in [1.29, 1.82) is 0 Å². The lowest BCUT2D eigenvalue weighted by Crippen LogP contribution is -2.34. The lowest BCUT2D eigenvalue weighted by molar-refractivity contribution is 0.250. The van der Waals surface area contributed by atoms with E-state index in [4.69, 9.17) is 4.74 Å². The van der Waals surface area contributed by atoms with Crippen LogP contribution in [0.15, 0.2) is 36.4 Å². The highest BCUT2D eigenvalue weighted by Crippen LogP contribution is 2.20. The molecule has 0 saturated carbocycles. The maximum atomic E-state index is 11.5. The van der Waals surface area contributed by atoms with Gasteiger partial charge in [0.2, 0.25) is 0 Å². The average molecular weight is 301 g/mol. The number of carbonyl (C=O) groups is 1. The lowest BCUT2D eigenvalue weighted by atomic mass is 10.3. The number of urea groups is 1. The second-order valence-corrected chi connectivity index (χ2v) is 4.91. The predicted molar refractivity (Wildman–Crippen MR) is 85.6 cm³/mol. The predicted octanol–water partition coefficient (Wildman–Crippen LogP) is 2.76. The summed E-state index contributed by atoms with van der Waals surface area (Å²) >= 11 is 0. The third-order valence-corrected chi connectivity index (χ3v) is 2.67. The Bertz CT molecular complexity index is 628. The quantitative estimate of drug-likeness (QED) is 0.790. The molecule has 2 rings (SSSR count). The number of nitrogens with zero attached hydrogens (tertiary/aromatic N) is 2. The summed E-state index contributed by atoms with van der Waals surface area (Å²) in [7, 11) is 1.61. The lowest BCUT2D eigenvalue weighted by Gasteiger charge is -2.10. The van der Waals surface area contributed by atoms with Crippen molar-refractivity contribution in [2.24, 2.45) is 0 Å². The molecule has 0 spiro atoms. The molecule has 0 fully saturated rings. The molecule has 0 unspecified atom stereocenters. The maximum absolute atomic E-state index is 11.5. The van der Waals surface area contributed by atoms with E-state index < -0.39 is 0 Å². The Morgan fingerprint density at radius 2 is 1.86 bits per heavy atom. The van der Waals surface area contributed by atoms with E-state index in [-0.39, 0.29) is 12.1 Å². The Labute approximate surface area is 129 Å². The standard InChI is InChI=1S/C15H19N5O2/c1-10(2)16-15(21)18-14-8-7-13(19-20-14)17-11-5-4-6-12(9-11)22-3/h4-10H,1-3H3,(H,17,19)(H2,16,18,20,21). The summed E-state index contributed by atoms with van der Waals surface area (Å²) in [4.78, 5) is 11.5. The number of aromatic nitrogens is 2. The highest BCUT2D eigenvalue weighted by atomic mass is 16.5. The normalized spacial score (nSPS) is 10.2. The first kappa shape index (κ1) is 15.6. The van der Waals surface area contributed by atoms with E-state index in [1.165, 1.54) is 0 Å². The van der Waals surface area contributed by atoms with Crippen LogP contribution in [0, 0.1) is 0 Å². The third kappa shape index (κ3) is 4.62. The van der Waals surface area contributed by atoms with Crippen LogP contribution in [0.2, 0.25) is 0 Å². The Morgan fingerprint density at radius 3 is 2.50 bits per heavy atom. The summed E-state index contributed by atoms with van der Waals surface area (Å²) in [5, 5.41) is 16.4. The van der Waals surface area contributed by atoms with Crippen LogP contribution in [-0.4, -0.2) is 29.4 Å². The van der Waals surface area contributed by atoms with Crippen LogP contribution >= 0.6 is 0 Å². The molecular weight excluding hydrogens is 282 g/mol. The van der Waals surface area contributed by atoms with Crippen LogP contribution in [0.3, 0.4) is 0 Å². The van der Waals surface area contributed by atoms with Crippen LogP contribution < -0.4 is 20.7 Å². The molecule has 0 aliphatic carbocycles. The number of rotatable bonds is 5. The zero-order chi connectivity index (χ0) is 15.9. The van der Waals surface area contributed by atoms with Crippen molar-refractivity contribution in [2.75, 3.05) is 17.7 Å². The number of methoxy groups -OCH3 is 1. The number of benzene rings is 1. The summed E-state index contributed by atoms with van der Waals surface area (Å²) in [5.74, 6) is 1.71. The van der Waals surface area contributed by atoms with Gasteiger partial charge in [-0.05, 0) is 38.1 Å². The van der Waals surface area contributed by atoms with E-state index in [9.17, 15) is 4.79 Å². The number of amides is 2. The highest BCUT2D eigenvalue weighted by Gasteiger charge is 2.05.